The minimum atomic E-state index is 0.836. The molecule has 0 heterocycles. The van der Waals surface area contributed by atoms with E-state index in [-0.39, 0.29) is 0 Å². The zero-order valence-electron chi connectivity index (χ0n) is 18.9. The van der Waals surface area contributed by atoms with Crippen LogP contribution in [0, 0.1) is 29.6 Å². The molecule has 160 valence electrons. The maximum atomic E-state index is 5.86. The van der Waals surface area contributed by atoms with Gasteiger partial charge in [0.1, 0.15) is 5.75 Å². The third kappa shape index (κ3) is 5.28. The highest BCUT2D eigenvalue weighted by atomic mass is 16.5. The molecule has 1 aromatic rings. The molecule has 5 atom stereocenters. The molecular formula is C28H42O. The van der Waals surface area contributed by atoms with Crippen LogP contribution in [0.4, 0.5) is 0 Å². The molecule has 3 aliphatic carbocycles. The van der Waals surface area contributed by atoms with E-state index in [1.807, 2.05) is 0 Å². The third-order valence-electron chi connectivity index (χ3n) is 8.32. The molecule has 3 aliphatic rings. The van der Waals surface area contributed by atoms with Gasteiger partial charge in [-0.05, 0) is 130 Å². The predicted octanol–water partition coefficient (Wildman–Crippen LogP) is 7.77. The molecule has 0 N–H and O–H groups in total. The Morgan fingerprint density at radius 2 is 1.72 bits per heavy atom. The van der Waals surface area contributed by atoms with E-state index in [0.717, 1.165) is 48.4 Å². The topological polar surface area (TPSA) is 9.23 Å². The lowest BCUT2D eigenvalue weighted by molar-refractivity contribution is 0.0699. The van der Waals surface area contributed by atoms with E-state index < -0.39 is 0 Å². The molecule has 0 aliphatic heterocycles. The van der Waals surface area contributed by atoms with Crippen LogP contribution in [-0.2, 0) is 12.8 Å². The highest BCUT2D eigenvalue weighted by Crippen LogP contribution is 2.49. The summed E-state index contributed by atoms with van der Waals surface area (Å²) in [5.41, 5.74) is 3.17. The second kappa shape index (κ2) is 10.2. The van der Waals surface area contributed by atoms with Crippen LogP contribution in [0.15, 0.2) is 30.4 Å². The van der Waals surface area contributed by atoms with Gasteiger partial charge in [0.2, 0.25) is 0 Å². The summed E-state index contributed by atoms with van der Waals surface area (Å²) in [4.78, 5) is 0. The highest BCUT2D eigenvalue weighted by Gasteiger charge is 2.38. The first-order valence-corrected chi connectivity index (χ1v) is 12.6. The summed E-state index contributed by atoms with van der Waals surface area (Å²) in [6.07, 6.45) is 21.5. The van der Waals surface area contributed by atoms with E-state index in [1.165, 1.54) is 70.6 Å². The Morgan fingerprint density at radius 1 is 0.931 bits per heavy atom. The number of hydrogen-bond acceptors (Lipinski definition) is 1. The van der Waals surface area contributed by atoms with Gasteiger partial charge in [-0.1, -0.05) is 31.6 Å². The van der Waals surface area contributed by atoms with Gasteiger partial charge in [0.25, 0.3) is 0 Å². The molecule has 1 aromatic carbocycles. The Labute approximate surface area is 179 Å². The molecule has 0 bridgehead atoms. The minimum Gasteiger partial charge on any atom is -0.494 e. The standard InChI is InChI=1S/C28H42O/c1-3-5-6-7-21-8-9-23-18-24(11-10-22(23)17-21)25-12-13-27-20-28(29-16-4-2)15-14-26(27)19-25/h3,5,14-15,20-25H,4,6-13,16-19H2,1-2H3/t21-,22?,23-,24?,25?/m1/s1. The fourth-order valence-corrected chi connectivity index (χ4v) is 6.68. The molecule has 0 radical (unpaired) electrons. The summed E-state index contributed by atoms with van der Waals surface area (Å²) in [5.74, 6) is 6.09. The third-order valence-corrected chi connectivity index (χ3v) is 8.32. The molecule has 1 nitrogen and oxygen atoms in total. The molecule has 1 heteroatoms. The number of rotatable bonds is 7. The van der Waals surface area contributed by atoms with Gasteiger partial charge in [0, 0.05) is 0 Å². The Bertz CT molecular complexity index is 675. The Morgan fingerprint density at radius 3 is 2.55 bits per heavy atom. The average Bonchev–Trinajstić information content (AvgIpc) is 2.77. The quantitative estimate of drug-likeness (QED) is 0.429. The number of allylic oxidation sites excluding steroid dienone is 2. The van der Waals surface area contributed by atoms with Crippen molar-refractivity contribution in [1.82, 2.24) is 0 Å². The van der Waals surface area contributed by atoms with Crippen molar-refractivity contribution in [3.05, 3.63) is 41.5 Å². The molecule has 3 unspecified atom stereocenters. The molecule has 2 fully saturated rings. The highest BCUT2D eigenvalue weighted by molar-refractivity contribution is 5.37. The van der Waals surface area contributed by atoms with Crippen molar-refractivity contribution in [2.75, 3.05) is 6.61 Å². The van der Waals surface area contributed by atoms with Gasteiger partial charge in [-0.25, -0.2) is 0 Å². The number of ether oxygens (including phenoxy) is 1. The number of fused-ring (bicyclic) bond motifs is 2. The lowest BCUT2D eigenvalue weighted by atomic mass is 9.61. The number of aryl methyl sites for hydroxylation is 1. The lowest BCUT2D eigenvalue weighted by Crippen LogP contribution is -2.35. The van der Waals surface area contributed by atoms with Crippen LogP contribution < -0.4 is 4.74 Å². The Balaban J connectivity index is 1.29. The predicted molar refractivity (Wildman–Crippen MR) is 123 cm³/mol. The van der Waals surface area contributed by atoms with E-state index in [4.69, 9.17) is 4.74 Å². The molecule has 4 rings (SSSR count). The SMILES string of the molecule is CC=CCC[C@@H]1CC[C@@H]2CC(C3CCc4cc(OCCC)ccc4C3)CCC2C1. The molecular weight excluding hydrogens is 352 g/mol. The first-order valence-electron chi connectivity index (χ1n) is 12.6. The van der Waals surface area contributed by atoms with Crippen LogP contribution in [0.3, 0.4) is 0 Å². The van der Waals surface area contributed by atoms with Crippen molar-refractivity contribution >= 4 is 0 Å². The van der Waals surface area contributed by atoms with Gasteiger partial charge >= 0.3 is 0 Å². The van der Waals surface area contributed by atoms with Gasteiger partial charge in [0.05, 0.1) is 6.61 Å². The maximum Gasteiger partial charge on any atom is 0.119 e. The summed E-state index contributed by atoms with van der Waals surface area (Å²) < 4.78 is 5.86. The van der Waals surface area contributed by atoms with Gasteiger partial charge in [0.15, 0.2) is 0 Å². The van der Waals surface area contributed by atoms with Crippen molar-refractivity contribution in [1.29, 1.82) is 0 Å². The van der Waals surface area contributed by atoms with Crippen molar-refractivity contribution in [3.63, 3.8) is 0 Å². The monoisotopic (exact) mass is 394 g/mol. The van der Waals surface area contributed by atoms with Crippen molar-refractivity contribution < 1.29 is 4.74 Å². The summed E-state index contributed by atoms with van der Waals surface area (Å²) in [5, 5.41) is 0. The average molecular weight is 395 g/mol. The fourth-order valence-electron chi connectivity index (χ4n) is 6.68. The fraction of sp³-hybridized carbons (Fsp3) is 0.714. The minimum absolute atomic E-state index is 0.836. The van der Waals surface area contributed by atoms with E-state index in [1.54, 1.807) is 11.1 Å². The summed E-state index contributed by atoms with van der Waals surface area (Å²) in [6.45, 7) is 5.16. The normalized spacial score (nSPS) is 32.0. The summed E-state index contributed by atoms with van der Waals surface area (Å²) >= 11 is 0. The van der Waals surface area contributed by atoms with Crippen LogP contribution >= 0.6 is 0 Å². The summed E-state index contributed by atoms with van der Waals surface area (Å²) in [6, 6.07) is 6.91. The second-order valence-electron chi connectivity index (χ2n) is 10.2. The maximum absolute atomic E-state index is 5.86. The molecule has 0 spiro atoms. The second-order valence-corrected chi connectivity index (χ2v) is 10.2. The first-order chi connectivity index (χ1) is 14.3. The van der Waals surface area contributed by atoms with E-state index in [9.17, 15) is 0 Å². The molecule has 2 saturated carbocycles. The van der Waals surface area contributed by atoms with E-state index in [0.29, 0.717) is 0 Å². The zero-order chi connectivity index (χ0) is 20.1. The van der Waals surface area contributed by atoms with Crippen LogP contribution in [0.5, 0.6) is 5.75 Å². The van der Waals surface area contributed by atoms with Gasteiger partial charge in [-0.3, -0.25) is 0 Å². The van der Waals surface area contributed by atoms with Crippen molar-refractivity contribution in [2.45, 2.75) is 90.9 Å². The zero-order valence-corrected chi connectivity index (χ0v) is 18.9. The molecule has 29 heavy (non-hydrogen) atoms. The van der Waals surface area contributed by atoms with E-state index in [2.05, 4.69) is 44.2 Å². The van der Waals surface area contributed by atoms with Crippen LogP contribution in [0.2, 0.25) is 0 Å². The van der Waals surface area contributed by atoms with Crippen molar-refractivity contribution in [3.8, 4) is 5.75 Å². The molecule has 0 saturated heterocycles. The van der Waals surface area contributed by atoms with Crippen LogP contribution in [-0.4, -0.2) is 6.61 Å². The largest absolute Gasteiger partial charge is 0.494 e. The van der Waals surface area contributed by atoms with Gasteiger partial charge < -0.3 is 4.74 Å². The van der Waals surface area contributed by atoms with Gasteiger partial charge in [-0.2, -0.15) is 0 Å². The molecule has 0 amide bonds. The smallest absolute Gasteiger partial charge is 0.119 e. The number of benzene rings is 1. The van der Waals surface area contributed by atoms with Crippen LogP contribution in [0.1, 0.15) is 89.2 Å². The Kier molecular flexibility index (Phi) is 7.38. The van der Waals surface area contributed by atoms with E-state index >= 15 is 0 Å². The first kappa shape index (κ1) is 21.0. The van der Waals surface area contributed by atoms with Crippen LogP contribution in [0.25, 0.3) is 0 Å². The summed E-state index contributed by atoms with van der Waals surface area (Å²) in [7, 11) is 0. The lowest BCUT2D eigenvalue weighted by Gasteiger charge is -2.45. The van der Waals surface area contributed by atoms with Gasteiger partial charge in [-0.15, -0.1) is 0 Å². The Hall–Kier alpha value is -1.24. The molecule has 0 aromatic heterocycles. The van der Waals surface area contributed by atoms with Crippen molar-refractivity contribution in [2.24, 2.45) is 29.6 Å². The number of hydrogen-bond donors (Lipinski definition) is 0.